The number of piperazine rings is 1. The van der Waals surface area contributed by atoms with Gasteiger partial charge in [-0.25, -0.2) is 0 Å². The molecule has 29 heavy (non-hydrogen) atoms. The van der Waals surface area contributed by atoms with Gasteiger partial charge in [-0.3, -0.25) is 24.5 Å². The van der Waals surface area contributed by atoms with Gasteiger partial charge < -0.3 is 4.90 Å². The van der Waals surface area contributed by atoms with Gasteiger partial charge in [0.25, 0.3) is 5.91 Å². The van der Waals surface area contributed by atoms with Gasteiger partial charge in [0.1, 0.15) is 5.69 Å². The zero-order chi connectivity index (χ0) is 20.4. The van der Waals surface area contributed by atoms with Crippen LogP contribution in [-0.2, 0) is 13.5 Å². The van der Waals surface area contributed by atoms with E-state index < -0.39 is 0 Å². The summed E-state index contributed by atoms with van der Waals surface area (Å²) in [5.41, 5.74) is 5.35. The first-order valence-corrected chi connectivity index (χ1v) is 10.0. The van der Waals surface area contributed by atoms with Crippen molar-refractivity contribution < 1.29 is 4.79 Å². The summed E-state index contributed by atoms with van der Waals surface area (Å²) in [6.07, 6.45) is 2.77. The van der Waals surface area contributed by atoms with Crippen molar-refractivity contribution in [2.45, 2.75) is 20.3 Å². The Kier molecular flexibility index (Phi) is 5.44. The molecular weight excluding hydrogens is 366 g/mol. The Balaban J connectivity index is 1.35. The third-order valence-electron chi connectivity index (χ3n) is 5.64. The van der Waals surface area contributed by atoms with Crippen LogP contribution in [0.5, 0.6) is 0 Å². The van der Waals surface area contributed by atoms with E-state index in [0.717, 1.165) is 67.5 Å². The molecule has 0 atom stereocenters. The van der Waals surface area contributed by atoms with Crippen molar-refractivity contribution in [2.75, 3.05) is 32.7 Å². The van der Waals surface area contributed by atoms with E-state index in [0.29, 0.717) is 5.69 Å². The topological polar surface area (TPSA) is 82.9 Å². The predicted molar refractivity (Wildman–Crippen MR) is 111 cm³/mol. The normalized spacial score (nSPS) is 15.1. The number of carbonyl (C=O) groups is 1. The Morgan fingerprint density at radius 2 is 1.97 bits per heavy atom. The van der Waals surface area contributed by atoms with E-state index in [1.54, 1.807) is 0 Å². The molecule has 0 aliphatic carbocycles. The van der Waals surface area contributed by atoms with E-state index in [1.807, 2.05) is 54.9 Å². The molecule has 0 aromatic carbocycles. The summed E-state index contributed by atoms with van der Waals surface area (Å²) >= 11 is 0. The van der Waals surface area contributed by atoms with Gasteiger partial charge in [0.15, 0.2) is 0 Å². The number of nitrogens with zero attached hydrogens (tertiary/aromatic N) is 6. The van der Waals surface area contributed by atoms with Crippen molar-refractivity contribution in [1.82, 2.24) is 34.8 Å². The Hall–Kier alpha value is -3.00. The summed E-state index contributed by atoms with van der Waals surface area (Å²) < 4.78 is 1.84. The molecule has 0 spiro atoms. The number of hydrogen-bond donors (Lipinski definition) is 1. The lowest BCUT2D eigenvalue weighted by Gasteiger charge is -2.34. The lowest BCUT2D eigenvalue weighted by atomic mass is 10.1. The number of H-pyrrole nitrogens is 1. The number of hydrogen-bond acceptors (Lipinski definition) is 5. The summed E-state index contributed by atoms with van der Waals surface area (Å²) in [7, 11) is 1.91. The molecular formula is C21H27N7O. The summed E-state index contributed by atoms with van der Waals surface area (Å²) in [5, 5.41) is 11.7. The number of aromatic amines is 1. The average molecular weight is 393 g/mol. The number of nitrogens with one attached hydrogen (secondary N) is 1. The van der Waals surface area contributed by atoms with Crippen LogP contribution in [-0.4, -0.2) is 73.4 Å². The molecule has 4 rings (SSSR count). The molecule has 152 valence electrons. The lowest BCUT2D eigenvalue weighted by molar-refractivity contribution is 0.0632. The Labute approximate surface area is 170 Å². The van der Waals surface area contributed by atoms with Crippen molar-refractivity contribution in [1.29, 1.82) is 0 Å². The van der Waals surface area contributed by atoms with E-state index in [9.17, 15) is 4.79 Å². The molecule has 0 unspecified atom stereocenters. The lowest BCUT2D eigenvalue weighted by Crippen LogP contribution is -2.49. The third-order valence-corrected chi connectivity index (χ3v) is 5.64. The van der Waals surface area contributed by atoms with Crippen LogP contribution in [0.2, 0.25) is 0 Å². The molecule has 1 N–H and O–H groups in total. The Morgan fingerprint density at radius 3 is 2.62 bits per heavy atom. The third kappa shape index (κ3) is 4.07. The SMILES string of the molecule is Cc1nn(C)c(C)c1-c1cc(C(=O)N2CCN(CCc3ccccn3)CC2)[nH]n1. The minimum atomic E-state index is 0.00678. The highest BCUT2D eigenvalue weighted by atomic mass is 16.2. The van der Waals surface area contributed by atoms with Gasteiger partial charge in [-0.2, -0.15) is 10.2 Å². The molecule has 8 nitrogen and oxygen atoms in total. The maximum Gasteiger partial charge on any atom is 0.271 e. The number of carbonyl (C=O) groups excluding carboxylic acids is 1. The fourth-order valence-corrected chi connectivity index (χ4v) is 3.87. The molecule has 1 fully saturated rings. The maximum absolute atomic E-state index is 12.9. The predicted octanol–water partition coefficient (Wildman–Crippen LogP) is 1.82. The van der Waals surface area contributed by atoms with Gasteiger partial charge in [0.2, 0.25) is 0 Å². The zero-order valence-electron chi connectivity index (χ0n) is 17.2. The van der Waals surface area contributed by atoms with Crippen LogP contribution in [0.25, 0.3) is 11.3 Å². The first-order valence-electron chi connectivity index (χ1n) is 10.0. The standard InChI is InChI=1S/C21H27N7O/c1-15-20(16(2)26(3)25-15)18-14-19(24-23-18)21(29)28-12-10-27(11-13-28)9-7-17-6-4-5-8-22-17/h4-6,8,14H,7,9-13H2,1-3H3,(H,23,24). The van der Waals surface area contributed by atoms with Gasteiger partial charge in [0.05, 0.1) is 11.4 Å². The Bertz CT molecular complexity index is 984. The van der Waals surface area contributed by atoms with Crippen LogP contribution in [0, 0.1) is 13.8 Å². The number of pyridine rings is 1. The monoisotopic (exact) mass is 393 g/mol. The highest BCUT2D eigenvalue weighted by Crippen LogP contribution is 2.25. The van der Waals surface area contributed by atoms with E-state index >= 15 is 0 Å². The maximum atomic E-state index is 12.9. The minimum Gasteiger partial charge on any atom is -0.335 e. The Morgan fingerprint density at radius 1 is 1.17 bits per heavy atom. The quantitative estimate of drug-likeness (QED) is 0.715. The van der Waals surface area contributed by atoms with Crippen molar-refractivity contribution >= 4 is 5.91 Å². The van der Waals surface area contributed by atoms with E-state index in [2.05, 4.69) is 31.2 Å². The van der Waals surface area contributed by atoms with Crippen molar-refractivity contribution in [2.24, 2.45) is 7.05 Å². The van der Waals surface area contributed by atoms with Gasteiger partial charge in [-0.1, -0.05) is 6.07 Å². The molecule has 3 aromatic heterocycles. The van der Waals surface area contributed by atoms with Crippen LogP contribution in [0.3, 0.4) is 0 Å². The summed E-state index contributed by atoms with van der Waals surface area (Å²) in [6.45, 7) is 8.13. The molecule has 0 saturated carbocycles. The van der Waals surface area contributed by atoms with Gasteiger partial charge in [-0.15, -0.1) is 0 Å². The highest BCUT2D eigenvalue weighted by molar-refractivity contribution is 5.93. The van der Waals surface area contributed by atoms with E-state index in [4.69, 9.17) is 0 Å². The molecule has 3 aromatic rings. The summed E-state index contributed by atoms with van der Waals surface area (Å²) in [6, 6.07) is 7.85. The molecule has 0 radical (unpaired) electrons. The summed E-state index contributed by atoms with van der Waals surface area (Å²) in [4.78, 5) is 21.6. The molecule has 1 aliphatic heterocycles. The van der Waals surface area contributed by atoms with Gasteiger partial charge in [0, 0.05) is 69.3 Å². The fourth-order valence-electron chi connectivity index (χ4n) is 3.87. The first-order chi connectivity index (χ1) is 14.0. The molecule has 0 bridgehead atoms. The number of aromatic nitrogens is 5. The van der Waals surface area contributed by atoms with Crippen molar-refractivity contribution in [3.05, 3.63) is 53.2 Å². The zero-order valence-corrected chi connectivity index (χ0v) is 17.2. The molecule has 1 saturated heterocycles. The highest BCUT2D eigenvalue weighted by Gasteiger charge is 2.24. The van der Waals surface area contributed by atoms with Crippen molar-refractivity contribution in [3.8, 4) is 11.3 Å². The molecule has 8 heteroatoms. The smallest absolute Gasteiger partial charge is 0.271 e. The second kappa shape index (κ2) is 8.16. The van der Waals surface area contributed by atoms with Crippen LogP contribution >= 0.6 is 0 Å². The second-order valence-corrected chi connectivity index (χ2v) is 7.54. The fraction of sp³-hybridized carbons (Fsp3) is 0.429. The minimum absolute atomic E-state index is 0.00678. The number of amides is 1. The second-order valence-electron chi connectivity index (χ2n) is 7.54. The van der Waals surface area contributed by atoms with Crippen molar-refractivity contribution in [3.63, 3.8) is 0 Å². The number of rotatable bonds is 5. The van der Waals surface area contributed by atoms with Gasteiger partial charge in [-0.05, 0) is 32.0 Å². The molecule has 1 amide bonds. The molecule has 1 aliphatic rings. The van der Waals surface area contributed by atoms with E-state index in [-0.39, 0.29) is 5.91 Å². The van der Waals surface area contributed by atoms with E-state index in [1.165, 1.54) is 0 Å². The first kappa shape index (κ1) is 19.3. The van der Waals surface area contributed by atoms with Gasteiger partial charge >= 0.3 is 0 Å². The average Bonchev–Trinajstić information content (AvgIpc) is 3.31. The largest absolute Gasteiger partial charge is 0.335 e. The van der Waals surface area contributed by atoms with Crippen LogP contribution in [0.1, 0.15) is 27.6 Å². The molecule has 4 heterocycles. The number of aryl methyl sites for hydroxylation is 2. The summed E-state index contributed by atoms with van der Waals surface area (Å²) in [5.74, 6) is 0.00678. The van der Waals surface area contributed by atoms with Crippen LogP contribution in [0.4, 0.5) is 0 Å². The van der Waals surface area contributed by atoms with Crippen LogP contribution < -0.4 is 0 Å². The van der Waals surface area contributed by atoms with Crippen LogP contribution in [0.15, 0.2) is 30.5 Å².